The van der Waals surface area contributed by atoms with Crippen molar-refractivity contribution < 1.29 is 14.8 Å². The molecule has 24 heavy (non-hydrogen) atoms. The summed E-state index contributed by atoms with van der Waals surface area (Å²) < 4.78 is 1.61. The predicted octanol–water partition coefficient (Wildman–Crippen LogP) is 2.44. The van der Waals surface area contributed by atoms with E-state index in [2.05, 4.69) is 0 Å². The predicted molar refractivity (Wildman–Crippen MR) is 89.6 cm³/mol. The van der Waals surface area contributed by atoms with Gasteiger partial charge in [0.15, 0.2) is 0 Å². The van der Waals surface area contributed by atoms with Crippen LogP contribution in [0.1, 0.15) is 29.4 Å². The van der Waals surface area contributed by atoms with Crippen molar-refractivity contribution in [2.24, 2.45) is 0 Å². The maximum atomic E-state index is 12.8. The number of hydrogen-bond donors (Lipinski definition) is 1. The highest BCUT2D eigenvalue weighted by Gasteiger charge is 2.23. The number of rotatable bonds is 8. The molecule has 1 aromatic carbocycles. The maximum absolute atomic E-state index is 12.8. The highest BCUT2D eigenvalue weighted by atomic mass is 16.6. The number of nitrogens with zero attached hydrogens (tertiary/aromatic N) is 3. The van der Waals surface area contributed by atoms with Crippen LogP contribution in [0.25, 0.3) is 0 Å². The fourth-order valence-corrected chi connectivity index (χ4v) is 2.54. The van der Waals surface area contributed by atoms with E-state index in [1.54, 1.807) is 4.57 Å². The summed E-state index contributed by atoms with van der Waals surface area (Å²) in [6, 6.07) is 10.7. The summed E-state index contributed by atoms with van der Waals surface area (Å²) in [6.45, 7) is 2.79. The number of aromatic nitrogens is 1. The Balaban J connectivity index is 2.30. The number of carbonyl (C=O) groups is 1. The van der Waals surface area contributed by atoms with Gasteiger partial charge in [-0.15, -0.1) is 0 Å². The van der Waals surface area contributed by atoms with Crippen LogP contribution >= 0.6 is 0 Å². The highest BCUT2D eigenvalue weighted by molar-refractivity contribution is 5.93. The Hall–Kier alpha value is -2.67. The number of hydrogen-bond acceptors (Lipinski definition) is 4. The molecule has 0 aliphatic carbocycles. The van der Waals surface area contributed by atoms with Crippen LogP contribution in [-0.4, -0.2) is 38.6 Å². The topological polar surface area (TPSA) is 88.6 Å². The second kappa shape index (κ2) is 8.26. The fourth-order valence-electron chi connectivity index (χ4n) is 2.54. The van der Waals surface area contributed by atoms with Crippen molar-refractivity contribution in [2.45, 2.75) is 26.4 Å². The van der Waals surface area contributed by atoms with Crippen LogP contribution in [0, 0.1) is 10.1 Å². The lowest BCUT2D eigenvalue weighted by atomic mass is 10.2. The van der Waals surface area contributed by atoms with Gasteiger partial charge in [0.05, 0.1) is 17.7 Å². The molecule has 128 valence electrons. The van der Waals surface area contributed by atoms with Crippen LogP contribution in [0.4, 0.5) is 5.69 Å². The Bertz CT molecular complexity index is 697. The van der Waals surface area contributed by atoms with Gasteiger partial charge in [0.1, 0.15) is 5.69 Å². The molecule has 7 nitrogen and oxygen atoms in total. The molecule has 1 aromatic heterocycles. The third-order valence-corrected chi connectivity index (χ3v) is 3.65. The first-order valence-corrected chi connectivity index (χ1v) is 7.85. The molecule has 0 radical (unpaired) electrons. The van der Waals surface area contributed by atoms with Crippen molar-refractivity contribution in [2.75, 3.05) is 13.2 Å². The number of nitro groups is 1. The molecule has 1 N–H and O–H groups in total. The molecule has 0 aliphatic heterocycles. The zero-order chi connectivity index (χ0) is 17.5. The Kier molecular flexibility index (Phi) is 6.08. The van der Waals surface area contributed by atoms with Crippen LogP contribution < -0.4 is 0 Å². The number of benzene rings is 1. The van der Waals surface area contributed by atoms with Gasteiger partial charge in [0, 0.05) is 25.7 Å². The van der Waals surface area contributed by atoms with Gasteiger partial charge in [-0.1, -0.05) is 37.3 Å². The van der Waals surface area contributed by atoms with E-state index in [1.165, 1.54) is 17.2 Å². The van der Waals surface area contributed by atoms with Gasteiger partial charge in [-0.2, -0.15) is 0 Å². The minimum atomic E-state index is -0.503. The first-order chi connectivity index (χ1) is 11.6. The summed E-state index contributed by atoms with van der Waals surface area (Å²) in [4.78, 5) is 24.8. The van der Waals surface area contributed by atoms with Crippen LogP contribution in [0.3, 0.4) is 0 Å². The minimum absolute atomic E-state index is 0.101. The minimum Gasteiger partial charge on any atom is -0.395 e. The molecule has 0 atom stereocenters. The Morgan fingerprint density at radius 1 is 1.33 bits per heavy atom. The molecular weight excluding hydrogens is 310 g/mol. The van der Waals surface area contributed by atoms with E-state index in [9.17, 15) is 20.0 Å². The zero-order valence-corrected chi connectivity index (χ0v) is 13.6. The molecule has 0 unspecified atom stereocenters. The zero-order valence-electron chi connectivity index (χ0n) is 13.6. The van der Waals surface area contributed by atoms with Crippen molar-refractivity contribution >= 4 is 11.6 Å². The second-order valence-corrected chi connectivity index (χ2v) is 5.47. The van der Waals surface area contributed by atoms with E-state index in [0.29, 0.717) is 13.1 Å². The fraction of sp³-hybridized carbons (Fsp3) is 0.353. The largest absolute Gasteiger partial charge is 0.395 e. The molecule has 0 bridgehead atoms. The molecule has 1 heterocycles. The molecule has 1 amide bonds. The highest BCUT2D eigenvalue weighted by Crippen LogP contribution is 2.19. The summed E-state index contributed by atoms with van der Waals surface area (Å²) in [7, 11) is 0. The van der Waals surface area contributed by atoms with Gasteiger partial charge < -0.3 is 14.6 Å². The lowest BCUT2D eigenvalue weighted by molar-refractivity contribution is -0.384. The molecular formula is C17H21N3O4. The standard InChI is InChI=1S/C17H21N3O4/c1-2-8-18-13-15(20(23)24)11-16(18)17(22)19(9-10-21)12-14-6-4-3-5-7-14/h3-7,11,13,21H,2,8-10,12H2,1H3. The summed E-state index contributed by atoms with van der Waals surface area (Å²) in [5.74, 6) is -0.325. The number of amides is 1. The van der Waals surface area contributed by atoms with Gasteiger partial charge in [-0.05, 0) is 12.0 Å². The van der Waals surface area contributed by atoms with Gasteiger partial charge in [-0.25, -0.2) is 0 Å². The van der Waals surface area contributed by atoms with E-state index in [1.807, 2.05) is 37.3 Å². The van der Waals surface area contributed by atoms with E-state index < -0.39 is 4.92 Å². The maximum Gasteiger partial charge on any atom is 0.287 e. The Morgan fingerprint density at radius 2 is 2.04 bits per heavy atom. The number of aliphatic hydroxyl groups excluding tert-OH is 1. The van der Waals surface area contributed by atoms with Crippen molar-refractivity contribution in [3.8, 4) is 0 Å². The molecule has 2 aromatic rings. The Labute approximate surface area is 140 Å². The summed E-state index contributed by atoms with van der Waals surface area (Å²) in [6.07, 6.45) is 2.14. The van der Waals surface area contributed by atoms with Crippen LogP contribution in [0.5, 0.6) is 0 Å². The van der Waals surface area contributed by atoms with E-state index in [4.69, 9.17) is 0 Å². The van der Waals surface area contributed by atoms with E-state index >= 15 is 0 Å². The number of aryl methyl sites for hydroxylation is 1. The van der Waals surface area contributed by atoms with Crippen LogP contribution in [-0.2, 0) is 13.1 Å². The van der Waals surface area contributed by atoms with Crippen molar-refractivity contribution in [3.05, 3.63) is 64.0 Å². The smallest absolute Gasteiger partial charge is 0.287 e. The van der Waals surface area contributed by atoms with Crippen LogP contribution in [0.15, 0.2) is 42.6 Å². The first-order valence-electron chi connectivity index (χ1n) is 7.85. The summed E-state index contributed by atoms with van der Waals surface area (Å²) >= 11 is 0. The van der Waals surface area contributed by atoms with Gasteiger partial charge >= 0.3 is 0 Å². The number of aliphatic hydroxyl groups is 1. The Morgan fingerprint density at radius 3 is 2.62 bits per heavy atom. The van der Waals surface area contributed by atoms with Gasteiger partial charge in [0.25, 0.3) is 11.6 Å². The van der Waals surface area contributed by atoms with E-state index in [0.717, 1.165) is 12.0 Å². The molecule has 0 saturated heterocycles. The van der Waals surface area contributed by atoms with Crippen molar-refractivity contribution in [1.29, 1.82) is 0 Å². The average Bonchev–Trinajstić information content (AvgIpc) is 2.99. The molecule has 0 aliphatic rings. The third kappa shape index (κ3) is 4.20. The molecule has 0 fully saturated rings. The lowest BCUT2D eigenvalue weighted by Gasteiger charge is -2.22. The second-order valence-electron chi connectivity index (χ2n) is 5.47. The van der Waals surface area contributed by atoms with E-state index in [-0.39, 0.29) is 30.4 Å². The quantitative estimate of drug-likeness (QED) is 0.594. The molecule has 7 heteroatoms. The average molecular weight is 331 g/mol. The van der Waals surface area contributed by atoms with Crippen molar-refractivity contribution in [1.82, 2.24) is 9.47 Å². The summed E-state index contributed by atoms with van der Waals surface area (Å²) in [5.41, 5.74) is 1.10. The summed E-state index contributed by atoms with van der Waals surface area (Å²) in [5, 5.41) is 20.3. The molecule has 2 rings (SSSR count). The monoisotopic (exact) mass is 331 g/mol. The molecule has 0 saturated carbocycles. The third-order valence-electron chi connectivity index (χ3n) is 3.65. The van der Waals surface area contributed by atoms with Crippen molar-refractivity contribution in [3.63, 3.8) is 0 Å². The SMILES string of the molecule is CCCn1cc([N+](=O)[O-])cc1C(=O)N(CCO)Cc1ccccc1. The lowest BCUT2D eigenvalue weighted by Crippen LogP contribution is -2.34. The molecule has 0 spiro atoms. The normalized spacial score (nSPS) is 10.6. The number of carbonyl (C=O) groups excluding carboxylic acids is 1. The van der Waals surface area contributed by atoms with Crippen LogP contribution in [0.2, 0.25) is 0 Å². The van der Waals surface area contributed by atoms with Gasteiger partial charge in [0.2, 0.25) is 0 Å². The first kappa shape index (κ1) is 17.7. The van der Waals surface area contributed by atoms with Gasteiger partial charge in [-0.3, -0.25) is 14.9 Å².